The molecule has 0 atom stereocenters. The van der Waals surface area contributed by atoms with Crippen LogP contribution in [0.2, 0.25) is 0 Å². The highest BCUT2D eigenvalue weighted by Crippen LogP contribution is 2.32. The third-order valence-electron chi connectivity index (χ3n) is 2.61. The zero-order valence-electron chi connectivity index (χ0n) is 11.0. The van der Waals surface area contributed by atoms with Gasteiger partial charge >= 0.3 is 0 Å². The van der Waals surface area contributed by atoms with Crippen LogP contribution in [0.3, 0.4) is 0 Å². The Bertz CT molecular complexity index is 449. The van der Waals surface area contributed by atoms with Gasteiger partial charge in [-0.3, -0.25) is 0 Å². The summed E-state index contributed by atoms with van der Waals surface area (Å²) in [5.74, 6) is 2.23. The van der Waals surface area contributed by atoms with Crippen LogP contribution in [0.1, 0.15) is 12.5 Å². The van der Waals surface area contributed by atoms with Gasteiger partial charge in [0.25, 0.3) is 0 Å². The number of benzene rings is 1. The molecule has 1 aromatic rings. The molecular formula is C13H19N3O3. The lowest BCUT2D eigenvalue weighted by molar-refractivity contribution is 0.174. The molecular weight excluding hydrogens is 246 g/mol. The maximum atomic E-state index is 8.80. The van der Waals surface area contributed by atoms with E-state index in [4.69, 9.17) is 14.6 Å². The van der Waals surface area contributed by atoms with E-state index in [1.807, 2.05) is 25.1 Å². The minimum absolute atomic E-state index is 0.0778. The van der Waals surface area contributed by atoms with Crippen molar-refractivity contribution in [2.75, 3.05) is 26.5 Å². The number of aliphatic hydroxyl groups is 1. The molecule has 0 amide bonds. The normalized spacial score (nSPS) is 13.5. The van der Waals surface area contributed by atoms with Crippen LogP contribution in [0.4, 0.5) is 0 Å². The lowest BCUT2D eigenvalue weighted by Crippen LogP contribution is -2.38. The minimum Gasteiger partial charge on any atom is -0.454 e. The molecule has 19 heavy (non-hydrogen) atoms. The number of nitrogens with zero attached hydrogens (tertiary/aromatic N) is 1. The number of guanidine groups is 1. The molecule has 0 aromatic heterocycles. The molecule has 6 nitrogen and oxygen atoms in total. The highest BCUT2D eigenvalue weighted by molar-refractivity contribution is 5.79. The van der Waals surface area contributed by atoms with Gasteiger partial charge in [0, 0.05) is 13.1 Å². The summed E-state index contributed by atoms with van der Waals surface area (Å²) in [6.07, 6.45) is 0. The third kappa shape index (κ3) is 3.75. The predicted molar refractivity (Wildman–Crippen MR) is 72.5 cm³/mol. The highest BCUT2D eigenvalue weighted by Gasteiger charge is 2.12. The quantitative estimate of drug-likeness (QED) is 0.533. The van der Waals surface area contributed by atoms with Gasteiger partial charge in [-0.05, 0) is 24.6 Å². The van der Waals surface area contributed by atoms with E-state index < -0.39 is 0 Å². The smallest absolute Gasteiger partial charge is 0.231 e. The molecule has 0 spiro atoms. The third-order valence-corrected chi connectivity index (χ3v) is 2.61. The lowest BCUT2D eigenvalue weighted by atomic mass is 10.2. The summed E-state index contributed by atoms with van der Waals surface area (Å²) < 4.78 is 10.6. The van der Waals surface area contributed by atoms with Crippen molar-refractivity contribution in [3.05, 3.63) is 23.8 Å². The van der Waals surface area contributed by atoms with Gasteiger partial charge in [-0.2, -0.15) is 0 Å². The zero-order chi connectivity index (χ0) is 13.5. The number of nitrogens with one attached hydrogen (secondary N) is 2. The first-order valence-corrected chi connectivity index (χ1v) is 6.35. The Kier molecular flexibility index (Phi) is 4.85. The van der Waals surface area contributed by atoms with Crippen molar-refractivity contribution < 1.29 is 14.6 Å². The molecule has 1 aliphatic heterocycles. The molecule has 0 unspecified atom stereocenters. The minimum atomic E-state index is 0.0778. The van der Waals surface area contributed by atoms with E-state index in [9.17, 15) is 0 Å². The largest absolute Gasteiger partial charge is 0.454 e. The van der Waals surface area contributed by atoms with E-state index in [0.29, 0.717) is 19.0 Å². The monoisotopic (exact) mass is 265 g/mol. The number of aliphatic imine (C=N–C) groups is 1. The fourth-order valence-corrected chi connectivity index (χ4v) is 1.73. The molecule has 6 heteroatoms. The molecule has 0 fully saturated rings. The molecule has 0 radical (unpaired) electrons. The standard InChI is InChI=1S/C13H19N3O3/c1-2-14-13(15-5-6-17)16-8-10-3-4-11-12(7-10)19-9-18-11/h3-4,7,17H,2,5-6,8-9H2,1H3,(H2,14,15,16). The number of ether oxygens (including phenoxy) is 2. The lowest BCUT2D eigenvalue weighted by Gasteiger charge is -2.10. The van der Waals surface area contributed by atoms with E-state index in [1.54, 1.807) is 0 Å². The summed E-state index contributed by atoms with van der Waals surface area (Å²) in [7, 11) is 0. The maximum Gasteiger partial charge on any atom is 0.231 e. The van der Waals surface area contributed by atoms with Crippen LogP contribution in [-0.2, 0) is 6.54 Å². The summed E-state index contributed by atoms with van der Waals surface area (Å²) >= 11 is 0. The Labute approximate surface area is 112 Å². The average Bonchev–Trinajstić information content (AvgIpc) is 2.89. The number of hydrogen-bond acceptors (Lipinski definition) is 4. The molecule has 2 rings (SSSR count). The van der Waals surface area contributed by atoms with E-state index >= 15 is 0 Å². The SMILES string of the molecule is CCNC(=NCc1ccc2c(c1)OCO2)NCCO. The van der Waals surface area contributed by atoms with Crippen molar-refractivity contribution >= 4 is 5.96 Å². The number of hydrogen-bond donors (Lipinski definition) is 3. The van der Waals surface area contributed by atoms with Crippen LogP contribution < -0.4 is 20.1 Å². The molecule has 1 aromatic carbocycles. The van der Waals surface area contributed by atoms with Crippen molar-refractivity contribution in [2.45, 2.75) is 13.5 Å². The number of fused-ring (bicyclic) bond motifs is 1. The summed E-state index contributed by atoms with van der Waals surface area (Å²) in [6.45, 7) is 4.15. The molecule has 0 aliphatic carbocycles. The van der Waals surface area contributed by atoms with E-state index in [1.165, 1.54) is 0 Å². The van der Waals surface area contributed by atoms with Gasteiger partial charge in [-0.25, -0.2) is 4.99 Å². The van der Waals surface area contributed by atoms with Crippen LogP contribution in [0.5, 0.6) is 11.5 Å². The second-order valence-corrected chi connectivity index (χ2v) is 4.03. The van der Waals surface area contributed by atoms with Gasteiger partial charge in [-0.1, -0.05) is 6.07 Å². The molecule has 1 heterocycles. The van der Waals surface area contributed by atoms with Crippen LogP contribution in [-0.4, -0.2) is 37.6 Å². The molecule has 104 valence electrons. The van der Waals surface area contributed by atoms with Crippen LogP contribution in [0.25, 0.3) is 0 Å². The van der Waals surface area contributed by atoms with Gasteiger partial charge in [0.2, 0.25) is 6.79 Å². The fraction of sp³-hybridized carbons (Fsp3) is 0.462. The molecule has 0 bridgehead atoms. The Hall–Kier alpha value is -1.95. The second-order valence-electron chi connectivity index (χ2n) is 4.03. The second kappa shape index (κ2) is 6.84. The fourth-order valence-electron chi connectivity index (χ4n) is 1.73. The molecule has 3 N–H and O–H groups in total. The van der Waals surface area contributed by atoms with Gasteiger partial charge in [0.15, 0.2) is 17.5 Å². The first-order valence-electron chi connectivity index (χ1n) is 6.35. The Morgan fingerprint density at radius 2 is 2.16 bits per heavy atom. The van der Waals surface area contributed by atoms with Gasteiger partial charge < -0.3 is 25.2 Å². The summed E-state index contributed by atoms with van der Waals surface area (Å²) in [4.78, 5) is 4.43. The van der Waals surface area contributed by atoms with E-state index in [2.05, 4.69) is 15.6 Å². The summed E-state index contributed by atoms with van der Waals surface area (Å²) in [5.41, 5.74) is 1.05. The van der Waals surface area contributed by atoms with E-state index in [0.717, 1.165) is 23.6 Å². The Morgan fingerprint density at radius 3 is 2.95 bits per heavy atom. The van der Waals surface area contributed by atoms with Crippen LogP contribution >= 0.6 is 0 Å². The van der Waals surface area contributed by atoms with Gasteiger partial charge in [-0.15, -0.1) is 0 Å². The molecule has 0 saturated heterocycles. The average molecular weight is 265 g/mol. The molecule has 0 saturated carbocycles. The van der Waals surface area contributed by atoms with Crippen LogP contribution in [0, 0.1) is 0 Å². The van der Waals surface area contributed by atoms with Gasteiger partial charge in [0.1, 0.15) is 0 Å². The first-order chi connectivity index (χ1) is 9.33. The van der Waals surface area contributed by atoms with Gasteiger partial charge in [0.05, 0.1) is 13.2 Å². The Balaban J connectivity index is 1.98. The molecule has 1 aliphatic rings. The van der Waals surface area contributed by atoms with Crippen molar-refractivity contribution in [3.8, 4) is 11.5 Å². The highest BCUT2D eigenvalue weighted by atomic mass is 16.7. The van der Waals surface area contributed by atoms with Crippen molar-refractivity contribution in [2.24, 2.45) is 4.99 Å². The first kappa shape index (κ1) is 13.5. The van der Waals surface area contributed by atoms with Crippen LogP contribution in [0.15, 0.2) is 23.2 Å². The number of rotatable bonds is 5. The van der Waals surface area contributed by atoms with Crippen molar-refractivity contribution in [1.29, 1.82) is 0 Å². The Morgan fingerprint density at radius 1 is 1.32 bits per heavy atom. The number of aliphatic hydroxyl groups excluding tert-OH is 1. The van der Waals surface area contributed by atoms with E-state index in [-0.39, 0.29) is 13.4 Å². The summed E-state index contributed by atoms with van der Waals surface area (Å²) in [5, 5.41) is 14.9. The summed E-state index contributed by atoms with van der Waals surface area (Å²) in [6, 6.07) is 5.79. The van der Waals surface area contributed by atoms with Crippen molar-refractivity contribution in [1.82, 2.24) is 10.6 Å². The topological polar surface area (TPSA) is 75.1 Å². The zero-order valence-corrected chi connectivity index (χ0v) is 11.0. The predicted octanol–water partition coefficient (Wildman–Crippen LogP) is 0.463. The maximum absolute atomic E-state index is 8.80. The van der Waals surface area contributed by atoms with Crippen molar-refractivity contribution in [3.63, 3.8) is 0 Å².